The lowest BCUT2D eigenvalue weighted by molar-refractivity contribution is -0.126. The van der Waals surface area contributed by atoms with Crippen molar-refractivity contribution in [3.8, 4) is 0 Å². The zero-order chi connectivity index (χ0) is 18.1. The SMILES string of the molecule is CC(C)C(=O)NS(=O)(=O)c1ccc(N2CC(C(=O)C(C)C)C2)cc1. The molecule has 0 atom stereocenters. The molecule has 1 N–H and O–H groups in total. The number of rotatable bonds is 6. The average Bonchev–Trinajstić information content (AvgIpc) is 2.45. The Hall–Kier alpha value is -1.89. The molecule has 1 aliphatic heterocycles. The molecule has 0 radical (unpaired) electrons. The molecule has 132 valence electrons. The van der Waals surface area contributed by atoms with Crippen molar-refractivity contribution in [2.75, 3.05) is 18.0 Å². The van der Waals surface area contributed by atoms with Crippen LogP contribution in [0, 0.1) is 17.8 Å². The maximum Gasteiger partial charge on any atom is 0.264 e. The van der Waals surface area contributed by atoms with E-state index < -0.39 is 21.8 Å². The lowest BCUT2D eigenvalue weighted by Crippen LogP contribution is -2.51. The van der Waals surface area contributed by atoms with Gasteiger partial charge in [0.1, 0.15) is 5.78 Å². The first-order valence-corrected chi connectivity index (χ1v) is 9.55. The molecule has 0 bridgehead atoms. The number of nitrogens with one attached hydrogen (secondary N) is 1. The molecule has 1 amide bonds. The Bertz CT molecular complexity index is 717. The van der Waals surface area contributed by atoms with Crippen LogP contribution in [0.4, 0.5) is 5.69 Å². The predicted molar refractivity (Wildman–Crippen MR) is 92.2 cm³/mol. The second-order valence-electron chi connectivity index (χ2n) is 6.78. The molecule has 0 spiro atoms. The smallest absolute Gasteiger partial charge is 0.264 e. The third-order valence-corrected chi connectivity index (χ3v) is 5.49. The lowest BCUT2D eigenvalue weighted by atomic mass is 9.88. The number of anilines is 1. The number of carbonyl (C=O) groups is 2. The maximum absolute atomic E-state index is 12.1. The van der Waals surface area contributed by atoms with Gasteiger partial charge >= 0.3 is 0 Å². The van der Waals surface area contributed by atoms with Crippen molar-refractivity contribution in [3.05, 3.63) is 24.3 Å². The molecule has 2 rings (SSSR count). The second-order valence-corrected chi connectivity index (χ2v) is 8.46. The topological polar surface area (TPSA) is 83.6 Å². The number of ketones is 1. The fourth-order valence-corrected chi connectivity index (χ4v) is 3.60. The summed E-state index contributed by atoms with van der Waals surface area (Å²) in [6.07, 6.45) is 0. The van der Waals surface area contributed by atoms with E-state index in [-0.39, 0.29) is 22.5 Å². The van der Waals surface area contributed by atoms with Crippen LogP contribution in [-0.2, 0) is 19.6 Å². The molecule has 0 aliphatic carbocycles. The minimum atomic E-state index is -3.84. The van der Waals surface area contributed by atoms with E-state index in [4.69, 9.17) is 0 Å². The number of benzene rings is 1. The molecule has 1 heterocycles. The van der Waals surface area contributed by atoms with Crippen molar-refractivity contribution >= 4 is 27.4 Å². The molecule has 0 aromatic heterocycles. The monoisotopic (exact) mass is 352 g/mol. The first kappa shape index (κ1) is 18.4. The molecule has 1 aromatic rings. The zero-order valence-corrected chi connectivity index (χ0v) is 15.3. The zero-order valence-electron chi connectivity index (χ0n) is 14.4. The van der Waals surface area contributed by atoms with Crippen molar-refractivity contribution in [3.63, 3.8) is 0 Å². The number of nitrogens with zero attached hydrogens (tertiary/aromatic N) is 1. The molecule has 6 nitrogen and oxygen atoms in total. The Morgan fingerprint density at radius 1 is 1.04 bits per heavy atom. The van der Waals surface area contributed by atoms with Gasteiger partial charge in [0.2, 0.25) is 5.91 Å². The summed E-state index contributed by atoms with van der Waals surface area (Å²) in [5.74, 6) is -0.581. The van der Waals surface area contributed by atoms with Gasteiger partial charge in [0.25, 0.3) is 10.0 Å². The first-order chi connectivity index (χ1) is 11.1. The van der Waals surface area contributed by atoms with E-state index in [2.05, 4.69) is 4.72 Å². The standard InChI is InChI=1S/C17H24N2O4S/c1-11(2)16(20)13-9-19(10-13)14-5-7-15(8-6-14)24(22,23)18-17(21)12(3)4/h5-8,11-13H,9-10H2,1-4H3,(H,18,21). The third kappa shape index (κ3) is 3.95. The van der Waals surface area contributed by atoms with Crippen LogP contribution in [0.15, 0.2) is 29.2 Å². The predicted octanol–water partition coefficient (Wildman–Crippen LogP) is 1.81. The van der Waals surface area contributed by atoms with Crippen LogP contribution in [-0.4, -0.2) is 33.2 Å². The van der Waals surface area contributed by atoms with Gasteiger partial charge in [-0.1, -0.05) is 27.7 Å². The second kappa shape index (κ2) is 6.93. The van der Waals surface area contributed by atoms with Crippen LogP contribution < -0.4 is 9.62 Å². The molecule has 24 heavy (non-hydrogen) atoms. The number of sulfonamides is 1. The highest BCUT2D eigenvalue weighted by Gasteiger charge is 2.33. The van der Waals surface area contributed by atoms with Gasteiger partial charge in [-0.05, 0) is 24.3 Å². The van der Waals surface area contributed by atoms with E-state index in [0.717, 1.165) is 5.69 Å². The molecule has 0 saturated carbocycles. The number of hydrogen-bond donors (Lipinski definition) is 1. The first-order valence-electron chi connectivity index (χ1n) is 8.07. The van der Waals surface area contributed by atoms with Crippen molar-refractivity contribution < 1.29 is 18.0 Å². The van der Waals surface area contributed by atoms with Crippen molar-refractivity contribution in [1.29, 1.82) is 0 Å². The normalized spacial score (nSPS) is 15.5. The van der Waals surface area contributed by atoms with Gasteiger partial charge in [-0.3, -0.25) is 9.59 Å². The highest BCUT2D eigenvalue weighted by Crippen LogP contribution is 2.27. The van der Waals surface area contributed by atoms with Crippen LogP contribution in [0.3, 0.4) is 0 Å². The number of carbonyl (C=O) groups excluding carboxylic acids is 2. The summed E-state index contributed by atoms with van der Waals surface area (Å²) in [4.78, 5) is 25.6. The summed E-state index contributed by atoms with van der Waals surface area (Å²) in [7, 11) is -3.84. The highest BCUT2D eigenvalue weighted by molar-refractivity contribution is 7.90. The number of amides is 1. The molecule has 1 fully saturated rings. The molecule has 1 aromatic carbocycles. The number of hydrogen-bond acceptors (Lipinski definition) is 5. The fraction of sp³-hybridized carbons (Fsp3) is 0.529. The Kier molecular flexibility index (Phi) is 5.32. The van der Waals surface area contributed by atoms with E-state index in [0.29, 0.717) is 13.1 Å². The minimum absolute atomic E-state index is 0.0363. The Morgan fingerprint density at radius 3 is 2.04 bits per heavy atom. The van der Waals surface area contributed by atoms with E-state index >= 15 is 0 Å². The largest absolute Gasteiger partial charge is 0.370 e. The van der Waals surface area contributed by atoms with Crippen LogP contribution in [0.25, 0.3) is 0 Å². The molecule has 1 saturated heterocycles. The van der Waals surface area contributed by atoms with Crippen LogP contribution in [0.2, 0.25) is 0 Å². The minimum Gasteiger partial charge on any atom is -0.370 e. The summed E-state index contributed by atoms with van der Waals surface area (Å²) in [6.45, 7) is 8.38. The maximum atomic E-state index is 12.1. The molecule has 0 unspecified atom stereocenters. The number of Topliss-reactive ketones (excluding diaryl/α,β-unsaturated/α-hetero) is 1. The van der Waals surface area contributed by atoms with E-state index in [1.807, 2.05) is 18.7 Å². The molecule has 7 heteroatoms. The molecular formula is C17H24N2O4S. The quantitative estimate of drug-likeness (QED) is 0.844. The average molecular weight is 352 g/mol. The Morgan fingerprint density at radius 2 is 1.58 bits per heavy atom. The van der Waals surface area contributed by atoms with E-state index in [1.54, 1.807) is 26.0 Å². The third-order valence-electron chi connectivity index (χ3n) is 4.12. The van der Waals surface area contributed by atoms with Gasteiger partial charge in [-0.15, -0.1) is 0 Å². The van der Waals surface area contributed by atoms with Crippen molar-refractivity contribution in [1.82, 2.24) is 4.72 Å². The van der Waals surface area contributed by atoms with Gasteiger partial charge in [0.15, 0.2) is 0 Å². The van der Waals surface area contributed by atoms with E-state index in [1.165, 1.54) is 12.1 Å². The Labute approximate surface area is 143 Å². The molecule has 1 aliphatic rings. The van der Waals surface area contributed by atoms with Crippen molar-refractivity contribution in [2.24, 2.45) is 17.8 Å². The van der Waals surface area contributed by atoms with Gasteiger partial charge in [-0.25, -0.2) is 13.1 Å². The summed E-state index contributed by atoms with van der Waals surface area (Å²) in [5, 5.41) is 0. The van der Waals surface area contributed by atoms with Gasteiger partial charge in [-0.2, -0.15) is 0 Å². The fourth-order valence-electron chi connectivity index (χ4n) is 2.49. The summed E-state index contributed by atoms with van der Waals surface area (Å²) in [5.41, 5.74) is 0.872. The van der Waals surface area contributed by atoms with Gasteiger partial charge in [0, 0.05) is 30.6 Å². The molecular weight excluding hydrogens is 328 g/mol. The summed E-state index contributed by atoms with van der Waals surface area (Å²) in [6, 6.07) is 6.35. The Balaban J connectivity index is 2.02. The summed E-state index contributed by atoms with van der Waals surface area (Å²) < 4.78 is 26.3. The van der Waals surface area contributed by atoms with Crippen LogP contribution in [0.5, 0.6) is 0 Å². The lowest BCUT2D eigenvalue weighted by Gasteiger charge is -2.40. The van der Waals surface area contributed by atoms with Crippen LogP contribution >= 0.6 is 0 Å². The highest BCUT2D eigenvalue weighted by atomic mass is 32.2. The van der Waals surface area contributed by atoms with E-state index in [9.17, 15) is 18.0 Å². The van der Waals surface area contributed by atoms with Crippen molar-refractivity contribution in [2.45, 2.75) is 32.6 Å². The van der Waals surface area contributed by atoms with Gasteiger partial charge < -0.3 is 4.90 Å². The van der Waals surface area contributed by atoms with Gasteiger partial charge in [0.05, 0.1) is 10.8 Å². The summed E-state index contributed by atoms with van der Waals surface area (Å²) >= 11 is 0. The van der Waals surface area contributed by atoms with Crippen LogP contribution in [0.1, 0.15) is 27.7 Å².